The molecule has 0 radical (unpaired) electrons. The van der Waals surface area contributed by atoms with Crippen LogP contribution in [0.15, 0.2) is 36.5 Å². The lowest BCUT2D eigenvalue weighted by Gasteiger charge is -2.28. The molecule has 7 heteroatoms. The maximum Gasteiger partial charge on any atom is 0.266 e. The molecule has 0 bridgehead atoms. The van der Waals surface area contributed by atoms with Gasteiger partial charge in [-0.2, -0.15) is 0 Å². The average Bonchev–Trinajstić information content (AvgIpc) is 2.97. The zero-order chi connectivity index (χ0) is 15.5. The monoisotopic (exact) mass is 300 g/mol. The number of aromatic nitrogens is 2. The first kappa shape index (κ1) is 14.1. The first-order chi connectivity index (χ1) is 10.6. The number of fused-ring (bicyclic) bond motifs is 1. The van der Waals surface area contributed by atoms with Crippen LogP contribution in [0.1, 0.15) is 16.3 Å². The number of amides is 2. The van der Waals surface area contributed by atoms with Gasteiger partial charge in [0.15, 0.2) is 6.61 Å². The molecule has 2 amide bonds. The first-order valence-electron chi connectivity index (χ1n) is 6.95. The molecular weight excluding hydrogens is 284 g/mol. The van der Waals surface area contributed by atoms with Crippen LogP contribution < -0.4 is 10.5 Å². The Bertz CT molecular complexity index is 696. The van der Waals surface area contributed by atoms with Crippen molar-refractivity contribution < 1.29 is 14.3 Å². The van der Waals surface area contributed by atoms with Crippen LogP contribution in [-0.4, -0.2) is 39.4 Å². The minimum Gasteiger partial charge on any atom is -0.484 e. The van der Waals surface area contributed by atoms with Gasteiger partial charge in [-0.15, -0.1) is 0 Å². The summed E-state index contributed by atoms with van der Waals surface area (Å²) in [6.07, 6.45) is 1.45. The van der Waals surface area contributed by atoms with Gasteiger partial charge in [0.1, 0.15) is 17.3 Å². The summed E-state index contributed by atoms with van der Waals surface area (Å²) in [5.41, 5.74) is 5.67. The molecule has 0 spiro atoms. The fourth-order valence-electron chi connectivity index (χ4n) is 2.42. The molecule has 114 valence electrons. The molecule has 1 aliphatic heterocycles. The van der Waals surface area contributed by atoms with Crippen molar-refractivity contribution in [2.75, 3.05) is 13.2 Å². The van der Waals surface area contributed by atoms with E-state index in [1.807, 2.05) is 18.2 Å². The number of benzene rings is 1. The van der Waals surface area contributed by atoms with E-state index in [9.17, 15) is 9.59 Å². The number of nitrogens with zero attached hydrogens (tertiary/aromatic N) is 3. The van der Waals surface area contributed by atoms with Gasteiger partial charge in [-0.05, 0) is 12.1 Å². The van der Waals surface area contributed by atoms with Crippen LogP contribution in [-0.2, 0) is 17.9 Å². The van der Waals surface area contributed by atoms with Crippen LogP contribution in [0.3, 0.4) is 0 Å². The lowest BCUT2D eigenvalue weighted by molar-refractivity contribution is -0.134. The Kier molecular flexibility index (Phi) is 3.78. The maximum absolute atomic E-state index is 12.2. The maximum atomic E-state index is 12.2. The number of hydrogen-bond acceptors (Lipinski definition) is 4. The van der Waals surface area contributed by atoms with Gasteiger partial charge in [0, 0.05) is 13.1 Å². The van der Waals surface area contributed by atoms with Crippen LogP contribution in [0.2, 0.25) is 0 Å². The molecule has 22 heavy (non-hydrogen) atoms. The molecule has 2 heterocycles. The van der Waals surface area contributed by atoms with E-state index in [0.29, 0.717) is 36.9 Å². The Morgan fingerprint density at radius 2 is 2.00 bits per heavy atom. The number of carbonyl (C=O) groups excluding carboxylic acids is 2. The number of ether oxygens (including phenoxy) is 1. The Labute approximate surface area is 127 Å². The molecule has 3 rings (SSSR count). The number of nitrogens with two attached hydrogens (primary N) is 1. The predicted molar refractivity (Wildman–Crippen MR) is 78.1 cm³/mol. The van der Waals surface area contributed by atoms with Crippen LogP contribution in [0, 0.1) is 0 Å². The standard InChI is InChI=1S/C15H16N4O3/c16-15(21)12-8-17-13-9-18(6-7-19(12)13)14(20)10-22-11-4-2-1-3-5-11/h1-5,8H,6-7,9-10H2,(H2,16,21). The molecular formula is C15H16N4O3. The van der Waals surface area contributed by atoms with Crippen molar-refractivity contribution in [3.8, 4) is 5.75 Å². The third-order valence-electron chi connectivity index (χ3n) is 3.57. The van der Waals surface area contributed by atoms with E-state index in [0.717, 1.165) is 0 Å². The third-order valence-corrected chi connectivity index (χ3v) is 3.57. The Balaban J connectivity index is 1.62. The lowest BCUT2D eigenvalue weighted by Crippen LogP contribution is -2.41. The van der Waals surface area contributed by atoms with E-state index in [1.165, 1.54) is 6.20 Å². The number of hydrogen-bond donors (Lipinski definition) is 1. The van der Waals surface area contributed by atoms with Gasteiger partial charge in [0.2, 0.25) is 0 Å². The van der Waals surface area contributed by atoms with Gasteiger partial charge in [-0.25, -0.2) is 4.98 Å². The van der Waals surface area contributed by atoms with Gasteiger partial charge in [-0.1, -0.05) is 18.2 Å². The normalized spacial score (nSPS) is 13.5. The van der Waals surface area contributed by atoms with Gasteiger partial charge < -0.3 is 19.9 Å². The molecule has 0 aliphatic carbocycles. The zero-order valence-corrected chi connectivity index (χ0v) is 11.9. The minimum absolute atomic E-state index is 0.0204. The van der Waals surface area contributed by atoms with Gasteiger partial charge >= 0.3 is 0 Å². The molecule has 7 nitrogen and oxygen atoms in total. The smallest absolute Gasteiger partial charge is 0.266 e. The molecule has 0 atom stereocenters. The van der Waals surface area contributed by atoms with E-state index in [4.69, 9.17) is 10.5 Å². The second-order valence-corrected chi connectivity index (χ2v) is 4.99. The van der Waals surface area contributed by atoms with Crippen LogP contribution in [0.25, 0.3) is 0 Å². The summed E-state index contributed by atoms with van der Waals surface area (Å²) in [6, 6.07) is 9.19. The second-order valence-electron chi connectivity index (χ2n) is 4.99. The summed E-state index contributed by atoms with van der Waals surface area (Å²) in [7, 11) is 0. The van der Waals surface area contributed by atoms with Crippen molar-refractivity contribution in [3.63, 3.8) is 0 Å². The highest BCUT2D eigenvalue weighted by atomic mass is 16.5. The SMILES string of the molecule is NC(=O)c1cnc2n1CCN(C(=O)COc1ccccc1)C2. The summed E-state index contributed by atoms with van der Waals surface area (Å²) in [6.45, 7) is 1.34. The van der Waals surface area contributed by atoms with Gasteiger partial charge in [-0.3, -0.25) is 9.59 Å². The van der Waals surface area contributed by atoms with Gasteiger partial charge in [0.05, 0.1) is 12.7 Å². The number of imidazole rings is 1. The van der Waals surface area contributed by atoms with Crippen LogP contribution in [0.5, 0.6) is 5.75 Å². The number of primary amides is 1. The van der Waals surface area contributed by atoms with Gasteiger partial charge in [0.25, 0.3) is 11.8 Å². The van der Waals surface area contributed by atoms with Crippen molar-refractivity contribution in [1.29, 1.82) is 0 Å². The molecule has 0 unspecified atom stereocenters. The second kappa shape index (κ2) is 5.88. The highest BCUT2D eigenvalue weighted by molar-refractivity contribution is 5.91. The summed E-state index contributed by atoms with van der Waals surface area (Å²) >= 11 is 0. The fourth-order valence-corrected chi connectivity index (χ4v) is 2.42. The van der Waals surface area contributed by atoms with Crippen molar-refractivity contribution in [2.45, 2.75) is 13.1 Å². The number of rotatable bonds is 4. The molecule has 2 aromatic rings. The fraction of sp³-hybridized carbons (Fsp3) is 0.267. The Morgan fingerprint density at radius 1 is 1.23 bits per heavy atom. The topological polar surface area (TPSA) is 90.5 Å². The highest BCUT2D eigenvalue weighted by Crippen LogP contribution is 2.15. The number of carbonyl (C=O) groups is 2. The van der Waals surface area contributed by atoms with Crippen molar-refractivity contribution >= 4 is 11.8 Å². The quantitative estimate of drug-likeness (QED) is 0.885. The molecule has 0 fully saturated rings. The minimum atomic E-state index is -0.508. The summed E-state index contributed by atoms with van der Waals surface area (Å²) in [5.74, 6) is 0.697. The largest absolute Gasteiger partial charge is 0.484 e. The van der Waals surface area contributed by atoms with Crippen LogP contribution in [0.4, 0.5) is 0 Å². The zero-order valence-electron chi connectivity index (χ0n) is 11.9. The summed E-state index contributed by atoms with van der Waals surface area (Å²) < 4.78 is 7.21. The first-order valence-corrected chi connectivity index (χ1v) is 6.95. The molecule has 2 N–H and O–H groups in total. The lowest BCUT2D eigenvalue weighted by atomic mass is 10.3. The summed E-state index contributed by atoms with van der Waals surface area (Å²) in [5, 5.41) is 0. The van der Waals surface area contributed by atoms with Crippen molar-refractivity contribution in [2.24, 2.45) is 5.73 Å². The third kappa shape index (κ3) is 2.78. The molecule has 1 aromatic heterocycles. The number of para-hydroxylation sites is 1. The van der Waals surface area contributed by atoms with E-state index >= 15 is 0 Å². The molecule has 0 saturated carbocycles. The van der Waals surface area contributed by atoms with E-state index in [1.54, 1.807) is 21.6 Å². The molecule has 1 aromatic carbocycles. The van der Waals surface area contributed by atoms with E-state index < -0.39 is 5.91 Å². The average molecular weight is 300 g/mol. The molecule has 1 aliphatic rings. The van der Waals surface area contributed by atoms with Crippen LogP contribution >= 0.6 is 0 Å². The molecule has 0 saturated heterocycles. The van der Waals surface area contributed by atoms with E-state index in [-0.39, 0.29) is 12.5 Å². The Morgan fingerprint density at radius 3 is 2.73 bits per heavy atom. The summed E-state index contributed by atoms with van der Waals surface area (Å²) in [4.78, 5) is 29.3. The highest BCUT2D eigenvalue weighted by Gasteiger charge is 2.24. The predicted octanol–water partition coefficient (Wildman–Crippen LogP) is 0.403. The van der Waals surface area contributed by atoms with E-state index in [2.05, 4.69) is 4.98 Å². The van der Waals surface area contributed by atoms with Crippen molar-refractivity contribution in [3.05, 3.63) is 48.0 Å². The Hall–Kier alpha value is -2.83. The van der Waals surface area contributed by atoms with Crippen molar-refractivity contribution in [1.82, 2.24) is 14.5 Å².